The molecule has 2 atom stereocenters. The number of nitrogens with one attached hydrogen (secondary N) is 2. The first-order valence-electron chi connectivity index (χ1n) is 14.5. The smallest absolute Gasteiger partial charge is 0.408 e. The van der Waals surface area contributed by atoms with Crippen LogP contribution in [0.4, 0.5) is 10.5 Å². The molecule has 0 heterocycles. The highest BCUT2D eigenvalue weighted by Gasteiger charge is 2.42. The lowest BCUT2D eigenvalue weighted by Gasteiger charge is -2.43. The van der Waals surface area contributed by atoms with Gasteiger partial charge >= 0.3 is 6.09 Å². The molecule has 0 radical (unpaired) electrons. The highest BCUT2D eigenvalue weighted by atomic mass is 16.6. The summed E-state index contributed by atoms with van der Waals surface area (Å²) < 4.78 is 5.51. The minimum absolute atomic E-state index is 0.0886. The molecule has 0 saturated carbocycles. The molecule has 0 aliphatic heterocycles. The molecular weight excluding hydrogens is 542 g/mol. The number of rotatable bonds is 8. The zero-order valence-corrected chi connectivity index (χ0v) is 26.7. The first-order valence-corrected chi connectivity index (χ1v) is 14.5. The summed E-state index contributed by atoms with van der Waals surface area (Å²) in [5.74, 6) is -0.729. The standard InChI is InChI=1S/C35H45N3O5/c1-22-12-10-15-26(20-22)30(31(40)37-29-23(2)13-11-14-24(29)3)38(34(4,5)6)32(41)28(36-33(42)43-35(7,8)9)21-25-16-18-27(39)19-17-25/h10-20,28,30,39H,21H2,1-9H3,(H,36,42)(H,37,40). The average molecular weight is 588 g/mol. The fourth-order valence-corrected chi connectivity index (χ4v) is 4.99. The van der Waals surface area contributed by atoms with Crippen LogP contribution < -0.4 is 10.6 Å². The maximum atomic E-state index is 14.7. The van der Waals surface area contributed by atoms with Gasteiger partial charge in [0.05, 0.1) is 0 Å². The quantitative estimate of drug-likeness (QED) is 0.270. The van der Waals surface area contributed by atoms with Crippen LogP contribution >= 0.6 is 0 Å². The topological polar surface area (TPSA) is 108 Å². The lowest BCUT2D eigenvalue weighted by Crippen LogP contribution is -2.58. The molecule has 3 amide bonds. The van der Waals surface area contributed by atoms with Crippen LogP contribution in [0.1, 0.15) is 75.4 Å². The Bertz CT molecular complexity index is 1430. The summed E-state index contributed by atoms with van der Waals surface area (Å²) in [6, 6.07) is 17.7. The van der Waals surface area contributed by atoms with Crippen LogP contribution in [-0.2, 0) is 20.7 Å². The predicted octanol–water partition coefficient (Wildman–Crippen LogP) is 6.76. The molecule has 0 aromatic heterocycles. The molecule has 0 bridgehead atoms. The van der Waals surface area contributed by atoms with Gasteiger partial charge in [-0.25, -0.2) is 4.79 Å². The van der Waals surface area contributed by atoms with Crippen molar-refractivity contribution in [1.82, 2.24) is 10.2 Å². The molecule has 3 rings (SSSR count). The lowest BCUT2D eigenvalue weighted by atomic mass is 9.93. The Balaban J connectivity index is 2.14. The predicted molar refractivity (Wildman–Crippen MR) is 170 cm³/mol. The highest BCUT2D eigenvalue weighted by Crippen LogP contribution is 2.33. The molecule has 0 aliphatic rings. The molecule has 230 valence electrons. The first kappa shape index (κ1) is 33.2. The maximum Gasteiger partial charge on any atom is 0.408 e. The molecular formula is C35H45N3O5. The summed E-state index contributed by atoms with van der Waals surface area (Å²) in [5.41, 5.74) is 3.18. The summed E-state index contributed by atoms with van der Waals surface area (Å²) >= 11 is 0. The second kappa shape index (κ2) is 13.3. The van der Waals surface area contributed by atoms with Gasteiger partial charge in [0.15, 0.2) is 0 Å². The minimum atomic E-state index is -1.07. The zero-order chi connectivity index (χ0) is 32.1. The molecule has 8 nitrogen and oxygen atoms in total. The van der Waals surface area contributed by atoms with Gasteiger partial charge in [-0.15, -0.1) is 0 Å². The largest absolute Gasteiger partial charge is 0.508 e. The monoisotopic (exact) mass is 587 g/mol. The highest BCUT2D eigenvalue weighted by molar-refractivity contribution is 6.00. The SMILES string of the molecule is Cc1cccc(C(C(=O)Nc2c(C)cccc2C)N(C(=O)C(Cc2ccc(O)cc2)NC(=O)OC(C)(C)C)C(C)(C)C)c1. The molecule has 0 aliphatic carbocycles. The number of aryl methyl sites for hydroxylation is 3. The van der Waals surface area contributed by atoms with Crippen molar-refractivity contribution in [2.75, 3.05) is 5.32 Å². The number of carbonyl (C=O) groups excluding carboxylic acids is 3. The van der Waals surface area contributed by atoms with Gasteiger partial charge in [0.25, 0.3) is 5.91 Å². The second-order valence-electron chi connectivity index (χ2n) is 13.0. The van der Waals surface area contributed by atoms with Gasteiger partial charge < -0.3 is 25.4 Å². The number of anilines is 1. The summed E-state index contributed by atoms with van der Waals surface area (Å²) in [6.45, 7) is 16.6. The van der Waals surface area contributed by atoms with Crippen LogP contribution in [-0.4, -0.2) is 45.1 Å². The Kier molecular flexibility index (Phi) is 10.3. The maximum absolute atomic E-state index is 14.7. The van der Waals surface area contributed by atoms with Gasteiger partial charge in [-0.1, -0.05) is 60.2 Å². The van der Waals surface area contributed by atoms with E-state index in [1.165, 1.54) is 12.1 Å². The van der Waals surface area contributed by atoms with Crippen LogP contribution in [0.5, 0.6) is 5.75 Å². The van der Waals surface area contributed by atoms with E-state index >= 15 is 0 Å². The number of para-hydroxylation sites is 1. The van der Waals surface area contributed by atoms with Crippen molar-refractivity contribution < 1.29 is 24.2 Å². The van der Waals surface area contributed by atoms with E-state index in [2.05, 4.69) is 10.6 Å². The number of phenols is 1. The Hall–Kier alpha value is -4.33. The van der Waals surface area contributed by atoms with Crippen LogP contribution in [0.25, 0.3) is 0 Å². The number of hydrogen-bond acceptors (Lipinski definition) is 5. The number of nitrogens with zero attached hydrogens (tertiary/aromatic N) is 1. The fourth-order valence-electron chi connectivity index (χ4n) is 4.99. The molecule has 43 heavy (non-hydrogen) atoms. The number of aromatic hydroxyl groups is 1. The van der Waals surface area contributed by atoms with E-state index in [0.717, 1.165) is 16.7 Å². The van der Waals surface area contributed by atoms with Crippen molar-refractivity contribution in [3.63, 3.8) is 0 Å². The fraction of sp³-hybridized carbons (Fsp3) is 0.400. The molecule has 0 saturated heterocycles. The molecule has 0 spiro atoms. The Morgan fingerprint density at radius 2 is 1.44 bits per heavy atom. The third-order valence-corrected chi connectivity index (χ3v) is 6.92. The Morgan fingerprint density at radius 3 is 1.98 bits per heavy atom. The number of amides is 3. The van der Waals surface area contributed by atoms with Crippen molar-refractivity contribution in [1.29, 1.82) is 0 Å². The van der Waals surface area contributed by atoms with Crippen molar-refractivity contribution in [2.45, 2.75) is 92.0 Å². The molecule has 8 heteroatoms. The number of hydrogen-bond donors (Lipinski definition) is 3. The molecule has 3 aromatic carbocycles. The van der Waals surface area contributed by atoms with Gasteiger partial charge in [0, 0.05) is 17.6 Å². The lowest BCUT2D eigenvalue weighted by molar-refractivity contribution is -0.146. The normalized spacial score (nSPS) is 13.0. The average Bonchev–Trinajstić information content (AvgIpc) is 2.88. The van der Waals surface area contributed by atoms with Crippen LogP contribution in [0.15, 0.2) is 66.7 Å². The van der Waals surface area contributed by atoms with Crippen molar-refractivity contribution in [3.8, 4) is 5.75 Å². The van der Waals surface area contributed by atoms with E-state index < -0.39 is 35.2 Å². The van der Waals surface area contributed by atoms with Gasteiger partial charge in [-0.05, 0) is 96.7 Å². The third-order valence-electron chi connectivity index (χ3n) is 6.92. The minimum Gasteiger partial charge on any atom is -0.508 e. The molecule has 0 fully saturated rings. The van der Waals surface area contributed by atoms with E-state index in [1.54, 1.807) is 37.8 Å². The van der Waals surface area contributed by atoms with Gasteiger partial charge in [0.2, 0.25) is 5.91 Å². The van der Waals surface area contributed by atoms with Gasteiger partial charge in [-0.3, -0.25) is 9.59 Å². The summed E-state index contributed by atoms with van der Waals surface area (Å²) in [5, 5.41) is 15.7. The van der Waals surface area contributed by atoms with Crippen molar-refractivity contribution in [3.05, 3.63) is 94.5 Å². The summed E-state index contributed by atoms with van der Waals surface area (Å²) in [6.07, 6.45) is -0.630. The number of carbonyl (C=O) groups is 3. The van der Waals surface area contributed by atoms with E-state index in [1.807, 2.05) is 84.0 Å². The van der Waals surface area contributed by atoms with E-state index in [4.69, 9.17) is 4.74 Å². The number of alkyl carbamates (subject to hydrolysis) is 1. The van der Waals surface area contributed by atoms with Crippen LogP contribution in [0, 0.1) is 20.8 Å². The number of ether oxygens (including phenoxy) is 1. The first-order chi connectivity index (χ1) is 20.0. The Morgan fingerprint density at radius 1 is 0.860 bits per heavy atom. The number of benzene rings is 3. The van der Waals surface area contributed by atoms with E-state index in [9.17, 15) is 19.5 Å². The van der Waals surface area contributed by atoms with Crippen molar-refractivity contribution >= 4 is 23.6 Å². The van der Waals surface area contributed by atoms with E-state index in [0.29, 0.717) is 16.8 Å². The molecule has 2 unspecified atom stereocenters. The van der Waals surface area contributed by atoms with Gasteiger partial charge in [-0.2, -0.15) is 0 Å². The molecule has 3 N–H and O–H groups in total. The van der Waals surface area contributed by atoms with Crippen molar-refractivity contribution in [2.24, 2.45) is 0 Å². The molecule has 3 aromatic rings. The second-order valence-corrected chi connectivity index (χ2v) is 13.0. The van der Waals surface area contributed by atoms with Gasteiger partial charge in [0.1, 0.15) is 23.4 Å². The summed E-state index contributed by atoms with van der Waals surface area (Å²) in [7, 11) is 0. The summed E-state index contributed by atoms with van der Waals surface area (Å²) in [4.78, 5) is 43.5. The van der Waals surface area contributed by atoms with Crippen LogP contribution in [0.3, 0.4) is 0 Å². The Labute approximate surface area is 255 Å². The zero-order valence-electron chi connectivity index (χ0n) is 26.7. The van der Waals surface area contributed by atoms with E-state index in [-0.39, 0.29) is 18.1 Å². The number of phenolic OH excluding ortho intramolecular Hbond substituents is 1. The third kappa shape index (κ3) is 9.08. The van der Waals surface area contributed by atoms with Crippen LogP contribution in [0.2, 0.25) is 0 Å².